The molecule has 2 N–H and O–H groups in total. The molecule has 0 spiro atoms. The summed E-state index contributed by atoms with van der Waals surface area (Å²) in [6.45, 7) is 11.9. The second-order valence-corrected chi connectivity index (χ2v) is 14.7. The van der Waals surface area contributed by atoms with Gasteiger partial charge < -0.3 is 19.5 Å². The molecule has 0 aromatic heterocycles. The number of aryl methyl sites for hydroxylation is 1. The van der Waals surface area contributed by atoms with E-state index in [-0.39, 0.29) is 30.2 Å². The third kappa shape index (κ3) is 6.57. The van der Waals surface area contributed by atoms with Gasteiger partial charge in [0.1, 0.15) is 22.7 Å². The van der Waals surface area contributed by atoms with Crippen molar-refractivity contribution in [3.8, 4) is 11.5 Å². The minimum atomic E-state index is -0.730. The van der Waals surface area contributed by atoms with Gasteiger partial charge in [-0.1, -0.05) is 25.5 Å². The number of carbonyl (C=O) groups is 3. The Hall–Kier alpha value is -4.08. The number of alkyl carbamates (subject to hydrolysis) is 1. The Morgan fingerprint density at radius 1 is 1.11 bits per heavy atom. The topological polar surface area (TPSA) is 119 Å². The number of amides is 3. The summed E-state index contributed by atoms with van der Waals surface area (Å²) in [6.07, 6.45) is 4.62. The highest BCUT2D eigenvalue weighted by Crippen LogP contribution is 2.43. The van der Waals surface area contributed by atoms with Gasteiger partial charge in [0, 0.05) is 29.5 Å². The van der Waals surface area contributed by atoms with E-state index in [9.17, 15) is 14.4 Å². The van der Waals surface area contributed by atoms with Gasteiger partial charge in [-0.25, -0.2) is 9.79 Å². The summed E-state index contributed by atoms with van der Waals surface area (Å²) >= 11 is 0. The van der Waals surface area contributed by atoms with Gasteiger partial charge in [-0.3, -0.25) is 19.8 Å². The van der Waals surface area contributed by atoms with Gasteiger partial charge in [0.2, 0.25) is 11.9 Å². The molecular weight excluding hydrogens is 584 g/mol. The summed E-state index contributed by atoms with van der Waals surface area (Å²) < 4.78 is 17.9. The van der Waals surface area contributed by atoms with Gasteiger partial charge in [-0.15, -0.1) is 0 Å². The van der Waals surface area contributed by atoms with Crippen LogP contribution in [0.15, 0.2) is 41.4 Å². The van der Waals surface area contributed by atoms with E-state index >= 15 is 0 Å². The number of rotatable bonds is 1. The quantitative estimate of drug-likeness (QED) is 0.370. The van der Waals surface area contributed by atoms with Gasteiger partial charge in [0.15, 0.2) is 0 Å². The van der Waals surface area contributed by atoms with Gasteiger partial charge in [-0.2, -0.15) is 0 Å². The standard InChI is InChI=1S/C36H46N4O6/c1-7-36-16-9-8-10-22-11-13-29-24(18-22)26(20-35(5,6)45-29)37-31(42)23-12-14-28-25(19-23)27(15-17-44-28)40(30(41)21-36)32(39-36)38-33(43)46-34(2,3)4/h11-14,18-19,26-27H,7-10,15-17,20-21H2,1-6H3,(H,37,42)(H,38,39,43)/t26-,27+,36?/m0/s1. The first-order valence-corrected chi connectivity index (χ1v) is 16.6. The fourth-order valence-corrected chi connectivity index (χ4v) is 7.13. The minimum Gasteiger partial charge on any atom is -0.493 e. The van der Waals surface area contributed by atoms with Crippen LogP contribution in [-0.4, -0.2) is 52.1 Å². The van der Waals surface area contributed by atoms with E-state index < -0.39 is 28.9 Å². The fraction of sp³-hybridized carbons (Fsp3) is 0.556. The lowest BCUT2D eigenvalue weighted by molar-refractivity contribution is -0.132. The molecule has 3 atom stereocenters. The zero-order chi connectivity index (χ0) is 32.9. The molecule has 2 aromatic carbocycles. The molecule has 7 rings (SSSR count). The second-order valence-electron chi connectivity index (χ2n) is 14.7. The summed E-state index contributed by atoms with van der Waals surface area (Å²) in [5.74, 6) is 1.24. The molecule has 6 bridgehead atoms. The van der Waals surface area contributed by atoms with Crippen molar-refractivity contribution in [1.29, 1.82) is 0 Å². The molecule has 0 saturated carbocycles. The van der Waals surface area contributed by atoms with Gasteiger partial charge >= 0.3 is 6.09 Å². The number of hydrogen-bond donors (Lipinski definition) is 2. The highest BCUT2D eigenvalue weighted by atomic mass is 16.6. The fourth-order valence-electron chi connectivity index (χ4n) is 7.13. The van der Waals surface area contributed by atoms with E-state index in [1.165, 1.54) is 5.56 Å². The predicted molar refractivity (Wildman–Crippen MR) is 174 cm³/mol. The summed E-state index contributed by atoms with van der Waals surface area (Å²) in [4.78, 5) is 47.9. The normalized spacial score (nSPS) is 25.6. The van der Waals surface area contributed by atoms with E-state index in [1.807, 2.05) is 26.8 Å². The van der Waals surface area contributed by atoms with Crippen LogP contribution in [0.1, 0.15) is 126 Å². The molecule has 5 heterocycles. The number of fused-ring (bicyclic) bond motifs is 5. The number of hydrogen-bond acceptors (Lipinski definition) is 7. The molecule has 0 aliphatic carbocycles. The minimum absolute atomic E-state index is 0.124. The van der Waals surface area contributed by atoms with E-state index in [0.717, 1.165) is 30.6 Å². The van der Waals surface area contributed by atoms with E-state index in [4.69, 9.17) is 19.2 Å². The van der Waals surface area contributed by atoms with Crippen LogP contribution in [0.2, 0.25) is 0 Å². The number of ether oxygens (including phenoxy) is 3. The van der Waals surface area contributed by atoms with Crippen molar-refractivity contribution in [2.24, 2.45) is 4.99 Å². The average Bonchev–Trinajstić information content (AvgIpc) is 2.97. The third-order valence-corrected chi connectivity index (χ3v) is 9.38. The Labute approximate surface area is 271 Å². The lowest BCUT2D eigenvalue weighted by Gasteiger charge is -2.43. The summed E-state index contributed by atoms with van der Waals surface area (Å²) in [6, 6.07) is 10.9. The van der Waals surface area contributed by atoms with E-state index in [1.54, 1.807) is 43.9 Å². The van der Waals surface area contributed by atoms with Crippen molar-refractivity contribution < 1.29 is 28.6 Å². The summed E-state index contributed by atoms with van der Waals surface area (Å²) in [7, 11) is 0. The maximum absolute atomic E-state index is 14.2. The Morgan fingerprint density at radius 2 is 1.89 bits per heavy atom. The van der Waals surface area contributed by atoms with Crippen molar-refractivity contribution in [3.63, 3.8) is 0 Å². The lowest BCUT2D eigenvalue weighted by atomic mass is 9.83. The first-order chi connectivity index (χ1) is 21.7. The van der Waals surface area contributed by atoms with Crippen molar-refractivity contribution in [2.45, 2.75) is 122 Å². The molecule has 5 aliphatic rings. The number of nitrogens with zero attached hydrogens (tertiary/aromatic N) is 2. The SMILES string of the molecule is CCC12CCCCc3ccc4c(c3)[C@H](CC(C)(C)O4)NC(=O)c3ccc4c(c3)[C@@H](CCO4)N(C(=O)C1)C(NC(=O)OC(C)(C)C)=N2. The molecule has 10 heteroatoms. The molecule has 5 aliphatic heterocycles. The van der Waals surface area contributed by atoms with Gasteiger partial charge in [0.05, 0.1) is 30.7 Å². The van der Waals surface area contributed by atoms with Crippen LogP contribution in [0.25, 0.3) is 0 Å². The van der Waals surface area contributed by atoms with Crippen LogP contribution in [0.5, 0.6) is 11.5 Å². The summed E-state index contributed by atoms with van der Waals surface area (Å²) in [5, 5.41) is 6.12. The van der Waals surface area contributed by atoms with E-state index in [2.05, 4.69) is 22.8 Å². The largest absolute Gasteiger partial charge is 0.493 e. The Morgan fingerprint density at radius 3 is 2.65 bits per heavy atom. The molecular formula is C36H46N4O6. The number of benzene rings is 2. The van der Waals surface area contributed by atoms with Crippen LogP contribution < -0.4 is 20.1 Å². The number of aliphatic imine (C=N–C) groups is 1. The van der Waals surface area contributed by atoms with Crippen molar-refractivity contribution in [2.75, 3.05) is 6.61 Å². The van der Waals surface area contributed by atoms with Crippen LogP contribution in [-0.2, 0) is 16.0 Å². The van der Waals surface area contributed by atoms with Crippen LogP contribution in [0, 0.1) is 0 Å². The molecule has 3 amide bonds. The monoisotopic (exact) mass is 630 g/mol. The Kier molecular flexibility index (Phi) is 8.27. The predicted octanol–water partition coefficient (Wildman–Crippen LogP) is 6.53. The average molecular weight is 631 g/mol. The third-order valence-electron chi connectivity index (χ3n) is 9.38. The van der Waals surface area contributed by atoms with Crippen LogP contribution in [0.4, 0.5) is 4.79 Å². The number of carbonyl (C=O) groups excluding carboxylic acids is 3. The second kappa shape index (κ2) is 11.9. The molecule has 10 nitrogen and oxygen atoms in total. The molecule has 0 saturated heterocycles. The van der Waals surface area contributed by atoms with Gasteiger partial charge in [-0.05, 0) is 90.1 Å². The highest BCUT2D eigenvalue weighted by molar-refractivity contribution is 6.05. The smallest absolute Gasteiger partial charge is 0.414 e. The maximum Gasteiger partial charge on any atom is 0.414 e. The molecule has 2 aromatic rings. The van der Waals surface area contributed by atoms with Crippen LogP contribution >= 0.6 is 0 Å². The Bertz CT molecular complexity index is 1580. The molecule has 46 heavy (non-hydrogen) atoms. The molecule has 1 unspecified atom stereocenters. The van der Waals surface area contributed by atoms with Gasteiger partial charge in [0.25, 0.3) is 5.91 Å². The maximum atomic E-state index is 14.2. The van der Waals surface area contributed by atoms with Crippen molar-refractivity contribution >= 4 is 23.9 Å². The highest BCUT2D eigenvalue weighted by Gasteiger charge is 2.44. The molecule has 0 fully saturated rings. The van der Waals surface area contributed by atoms with Crippen molar-refractivity contribution in [3.05, 3.63) is 58.7 Å². The first-order valence-electron chi connectivity index (χ1n) is 16.6. The zero-order valence-corrected chi connectivity index (χ0v) is 27.8. The molecule has 0 radical (unpaired) electrons. The van der Waals surface area contributed by atoms with Crippen molar-refractivity contribution in [1.82, 2.24) is 15.5 Å². The Balaban J connectivity index is 1.44. The molecule has 246 valence electrons. The summed E-state index contributed by atoms with van der Waals surface area (Å²) in [5.41, 5.74) is 1.49. The van der Waals surface area contributed by atoms with E-state index in [0.29, 0.717) is 49.2 Å². The number of guanidine groups is 1. The van der Waals surface area contributed by atoms with Crippen LogP contribution in [0.3, 0.4) is 0 Å². The number of nitrogens with one attached hydrogen (secondary N) is 2. The lowest BCUT2D eigenvalue weighted by Crippen LogP contribution is -2.56. The zero-order valence-electron chi connectivity index (χ0n) is 27.8. The first kappa shape index (κ1) is 31.9.